The van der Waals surface area contributed by atoms with Crippen molar-refractivity contribution in [2.75, 3.05) is 19.6 Å². The Morgan fingerprint density at radius 2 is 2.18 bits per heavy atom. The summed E-state index contributed by atoms with van der Waals surface area (Å²) in [6, 6.07) is 7.69. The molecule has 2 rings (SSSR count). The van der Waals surface area contributed by atoms with Crippen molar-refractivity contribution in [1.29, 1.82) is 0 Å². The Bertz CT molecular complexity index is 387. The molecule has 0 spiro atoms. The second-order valence-electron chi connectivity index (χ2n) is 4.36. The van der Waals surface area contributed by atoms with Gasteiger partial charge >= 0.3 is 5.97 Å². The number of aromatic carboxylic acids is 1. The van der Waals surface area contributed by atoms with E-state index in [4.69, 9.17) is 5.11 Å². The molecule has 1 atom stereocenters. The molecular weight excluding hydrogens is 216 g/mol. The zero-order valence-electron chi connectivity index (χ0n) is 9.78. The average molecular weight is 234 g/mol. The molecule has 0 aliphatic carbocycles. The van der Waals surface area contributed by atoms with E-state index in [0.29, 0.717) is 11.6 Å². The average Bonchev–Trinajstić information content (AvgIpc) is 2.38. The van der Waals surface area contributed by atoms with Gasteiger partial charge in [-0.15, -0.1) is 0 Å². The minimum atomic E-state index is -0.838. The number of piperazine rings is 1. The number of carboxylic acid groups (broad SMARTS) is 1. The molecule has 1 saturated heterocycles. The van der Waals surface area contributed by atoms with Gasteiger partial charge in [0.2, 0.25) is 0 Å². The maximum absolute atomic E-state index is 11.0. The summed E-state index contributed by atoms with van der Waals surface area (Å²) < 4.78 is 0. The molecule has 4 heteroatoms. The lowest BCUT2D eigenvalue weighted by molar-refractivity contribution is 0.0695. The van der Waals surface area contributed by atoms with Crippen molar-refractivity contribution in [2.24, 2.45) is 0 Å². The van der Waals surface area contributed by atoms with Gasteiger partial charge in [0.25, 0.3) is 0 Å². The SMILES string of the molecule is O=C(O)c1ccccc1CC[C@@H]1CNCCN1. The highest BCUT2D eigenvalue weighted by Gasteiger charge is 2.14. The van der Waals surface area contributed by atoms with Crippen LogP contribution in [0, 0.1) is 0 Å². The molecule has 0 saturated carbocycles. The highest BCUT2D eigenvalue weighted by molar-refractivity contribution is 5.89. The standard InChI is InChI=1S/C13H18N2O2/c16-13(17)12-4-2-1-3-10(12)5-6-11-9-14-7-8-15-11/h1-4,11,14-15H,5-9H2,(H,16,17)/t11-/m1/s1. The van der Waals surface area contributed by atoms with Crippen molar-refractivity contribution in [3.05, 3.63) is 35.4 Å². The molecule has 0 bridgehead atoms. The second kappa shape index (κ2) is 5.80. The Kier molecular flexibility index (Phi) is 4.12. The topological polar surface area (TPSA) is 61.4 Å². The number of hydrogen-bond donors (Lipinski definition) is 3. The summed E-state index contributed by atoms with van der Waals surface area (Å²) in [4.78, 5) is 11.0. The fourth-order valence-electron chi connectivity index (χ4n) is 2.19. The van der Waals surface area contributed by atoms with E-state index in [1.165, 1.54) is 0 Å². The van der Waals surface area contributed by atoms with Gasteiger partial charge < -0.3 is 15.7 Å². The van der Waals surface area contributed by atoms with Gasteiger partial charge in [-0.25, -0.2) is 4.79 Å². The summed E-state index contributed by atoms with van der Waals surface area (Å²) in [5, 5.41) is 15.8. The zero-order chi connectivity index (χ0) is 12.1. The van der Waals surface area contributed by atoms with Crippen molar-refractivity contribution in [2.45, 2.75) is 18.9 Å². The molecule has 92 valence electrons. The van der Waals surface area contributed by atoms with Crippen LogP contribution in [0.5, 0.6) is 0 Å². The number of nitrogens with one attached hydrogen (secondary N) is 2. The molecule has 1 aliphatic rings. The largest absolute Gasteiger partial charge is 0.478 e. The predicted octanol–water partition coefficient (Wildman–Crippen LogP) is 0.879. The van der Waals surface area contributed by atoms with E-state index in [9.17, 15) is 4.79 Å². The van der Waals surface area contributed by atoms with Gasteiger partial charge in [0.15, 0.2) is 0 Å². The smallest absolute Gasteiger partial charge is 0.335 e. The van der Waals surface area contributed by atoms with Crippen LogP contribution in [0.3, 0.4) is 0 Å². The van der Waals surface area contributed by atoms with Crippen molar-refractivity contribution >= 4 is 5.97 Å². The van der Waals surface area contributed by atoms with Gasteiger partial charge in [-0.3, -0.25) is 0 Å². The third kappa shape index (κ3) is 3.28. The van der Waals surface area contributed by atoms with Gasteiger partial charge in [0.1, 0.15) is 0 Å². The van der Waals surface area contributed by atoms with Crippen LogP contribution in [-0.4, -0.2) is 36.8 Å². The molecule has 4 nitrogen and oxygen atoms in total. The van der Waals surface area contributed by atoms with Crippen molar-refractivity contribution in [3.8, 4) is 0 Å². The van der Waals surface area contributed by atoms with Gasteiger partial charge in [-0.1, -0.05) is 18.2 Å². The summed E-state index contributed by atoms with van der Waals surface area (Å²) in [5.74, 6) is -0.838. The number of carboxylic acids is 1. The molecule has 0 unspecified atom stereocenters. The van der Waals surface area contributed by atoms with Crippen LogP contribution in [0.4, 0.5) is 0 Å². The van der Waals surface area contributed by atoms with Crippen molar-refractivity contribution in [3.63, 3.8) is 0 Å². The maximum atomic E-state index is 11.0. The quantitative estimate of drug-likeness (QED) is 0.723. The number of aryl methyl sites for hydroxylation is 1. The zero-order valence-corrected chi connectivity index (χ0v) is 9.78. The van der Waals surface area contributed by atoms with Crippen LogP contribution in [0.2, 0.25) is 0 Å². The first-order valence-corrected chi connectivity index (χ1v) is 6.02. The fourth-order valence-corrected chi connectivity index (χ4v) is 2.19. The summed E-state index contributed by atoms with van der Waals surface area (Å²) in [6.07, 6.45) is 1.78. The summed E-state index contributed by atoms with van der Waals surface area (Å²) >= 11 is 0. The molecule has 0 amide bonds. The first-order valence-electron chi connectivity index (χ1n) is 6.02. The Morgan fingerprint density at radius 1 is 1.35 bits per heavy atom. The van der Waals surface area contributed by atoms with Gasteiger partial charge in [0, 0.05) is 25.7 Å². The minimum Gasteiger partial charge on any atom is -0.478 e. The van der Waals surface area contributed by atoms with E-state index in [2.05, 4.69) is 10.6 Å². The number of benzene rings is 1. The normalized spacial score (nSPS) is 20.1. The van der Waals surface area contributed by atoms with Crippen LogP contribution in [0.25, 0.3) is 0 Å². The molecule has 1 aliphatic heterocycles. The van der Waals surface area contributed by atoms with E-state index in [-0.39, 0.29) is 0 Å². The predicted molar refractivity (Wildman–Crippen MR) is 66.4 cm³/mol. The summed E-state index contributed by atoms with van der Waals surface area (Å²) in [7, 11) is 0. The van der Waals surface area contributed by atoms with Gasteiger partial charge in [-0.05, 0) is 24.5 Å². The Balaban J connectivity index is 1.96. The van der Waals surface area contributed by atoms with E-state index < -0.39 is 5.97 Å². The number of rotatable bonds is 4. The third-order valence-electron chi connectivity index (χ3n) is 3.14. The number of hydrogen-bond acceptors (Lipinski definition) is 3. The molecule has 17 heavy (non-hydrogen) atoms. The Hall–Kier alpha value is -1.39. The van der Waals surface area contributed by atoms with Crippen LogP contribution in [0.15, 0.2) is 24.3 Å². The van der Waals surface area contributed by atoms with E-state index in [0.717, 1.165) is 38.0 Å². The molecule has 1 fully saturated rings. The maximum Gasteiger partial charge on any atom is 0.335 e. The van der Waals surface area contributed by atoms with Gasteiger partial charge in [0.05, 0.1) is 5.56 Å². The van der Waals surface area contributed by atoms with Crippen LogP contribution in [0.1, 0.15) is 22.3 Å². The van der Waals surface area contributed by atoms with E-state index in [1.54, 1.807) is 12.1 Å². The van der Waals surface area contributed by atoms with Crippen molar-refractivity contribution < 1.29 is 9.90 Å². The Morgan fingerprint density at radius 3 is 2.88 bits per heavy atom. The monoisotopic (exact) mass is 234 g/mol. The summed E-state index contributed by atoms with van der Waals surface area (Å²) in [5.41, 5.74) is 1.35. The highest BCUT2D eigenvalue weighted by atomic mass is 16.4. The molecule has 0 radical (unpaired) electrons. The lowest BCUT2D eigenvalue weighted by atomic mass is 9.99. The lowest BCUT2D eigenvalue weighted by Gasteiger charge is -2.24. The van der Waals surface area contributed by atoms with Crippen LogP contribution >= 0.6 is 0 Å². The van der Waals surface area contributed by atoms with E-state index >= 15 is 0 Å². The second-order valence-corrected chi connectivity index (χ2v) is 4.36. The lowest BCUT2D eigenvalue weighted by Crippen LogP contribution is -2.48. The molecule has 1 aromatic carbocycles. The third-order valence-corrected chi connectivity index (χ3v) is 3.14. The minimum absolute atomic E-state index is 0.427. The van der Waals surface area contributed by atoms with Crippen LogP contribution < -0.4 is 10.6 Å². The Labute approximate surface area is 101 Å². The molecule has 3 N–H and O–H groups in total. The highest BCUT2D eigenvalue weighted by Crippen LogP contribution is 2.12. The summed E-state index contributed by atoms with van der Waals surface area (Å²) in [6.45, 7) is 2.97. The van der Waals surface area contributed by atoms with Gasteiger partial charge in [-0.2, -0.15) is 0 Å². The molecule has 0 aromatic heterocycles. The molecule has 1 aromatic rings. The number of carbonyl (C=O) groups is 1. The van der Waals surface area contributed by atoms with Crippen LogP contribution in [-0.2, 0) is 6.42 Å². The van der Waals surface area contributed by atoms with E-state index in [1.807, 2.05) is 12.1 Å². The first kappa shape index (κ1) is 12.1. The molecule has 1 heterocycles. The molecular formula is C13H18N2O2. The fraction of sp³-hybridized carbons (Fsp3) is 0.462. The van der Waals surface area contributed by atoms with Crippen molar-refractivity contribution in [1.82, 2.24) is 10.6 Å². The first-order chi connectivity index (χ1) is 8.27.